The van der Waals surface area contributed by atoms with E-state index in [-0.39, 0.29) is 5.60 Å². The van der Waals surface area contributed by atoms with Crippen molar-refractivity contribution in [1.29, 1.82) is 0 Å². The molecule has 0 aromatic heterocycles. The zero-order valence-corrected chi connectivity index (χ0v) is 10.0. The van der Waals surface area contributed by atoms with Crippen LogP contribution in [0.2, 0.25) is 0 Å². The van der Waals surface area contributed by atoms with Crippen molar-refractivity contribution >= 4 is 0 Å². The van der Waals surface area contributed by atoms with Gasteiger partial charge in [-0.2, -0.15) is 0 Å². The molecule has 0 aromatic carbocycles. The Morgan fingerprint density at radius 2 is 2.07 bits per heavy atom. The molecule has 1 saturated carbocycles. The molecule has 1 unspecified atom stereocenters. The Kier molecular flexibility index (Phi) is 5.14. The number of hydrogen-bond acceptors (Lipinski definition) is 2. The third-order valence-electron chi connectivity index (χ3n) is 3.51. The van der Waals surface area contributed by atoms with E-state index >= 15 is 0 Å². The number of rotatable bonds is 5. The van der Waals surface area contributed by atoms with Gasteiger partial charge in [0.25, 0.3) is 0 Å². The fraction of sp³-hybridized carbons (Fsp3) is 0.846. The van der Waals surface area contributed by atoms with E-state index in [4.69, 9.17) is 11.2 Å². The van der Waals surface area contributed by atoms with E-state index in [9.17, 15) is 0 Å². The van der Waals surface area contributed by atoms with Crippen LogP contribution in [0, 0.1) is 12.3 Å². The number of terminal acetylenes is 1. The molecule has 0 bridgehead atoms. The molecule has 1 aliphatic rings. The van der Waals surface area contributed by atoms with Gasteiger partial charge in [0, 0.05) is 19.6 Å². The molecule has 15 heavy (non-hydrogen) atoms. The highest BCUT2D eigenvalue weighted by molar-refractivity contribution is 5.01. The smallest absolute Gasteiger partial charge is 0.0840 e. The van der Waals surface area contributed by atoms with Crippen LogP contribution in [0.3, 0.4) is 0 Å². The molecule has 1 fully saturated rings. The lowest BCUT2D eigenvalue weighted by Crippen LogP contribution is -2.53. The SMILES string of the molecule is C#CCC(NCC)C1(OC)CCCCC1. The standard InChI is InChI=1S/C13H23NO/c1-4-9-12(14-5-2)13(15-3)10-7-6-8-11-13/h1,12,14H,5-11H2,2-3H3. The highest BCUT2D eigenvalue weighted by Crippen LogP contribution is 2.35. The Labute approximate surface area is 93.8 Å². The lowest BCUT2D eigenvalue weighted by atomic mass is 9.78. The Bertz CT molecular complexity index is 213. The summed E-state index contributed by atoms with van der Waals surface area (Å²) in [6.07, 6.45) is 12.3. The average molecular weight is 209 g/mol. The summed E-state index contributed by atoms with van der Waals surface area (Å²) in [5, 5.41) is 3.48. The zero-order valence-electron chi connectivity index (χ0n) is 10.0. The van der Waals surface area contributed by atoms with Crippen LogP contribution in [0.4, 0.5) is 0 Å². The van der Waals surface area contributed by atoms with Crippen molar-refractivity contribution < 1.29 is 4.74 Å². The van der Waals surface area contributed by atoms with Crippen LogP contribution in [0.15, 0.2) is 0 Å². The van der Waals surface area contributed by atoms with Crippen LogP contribution in [0.25, 0.3) is 0 Å². The molecule has 1 atom stereocenters. The quantitative estimate of drug-likeness (QED) is 0.702. The van der Waals surface area contributed by atoms with Gasteiger partial charge in [0.2, 0.25) is 0 Å². The van der Waals surface area contributed by atoms with E-state index in [2.05, 4.69) is 18.2 Å². The van der Waals surface area contributed by atoms with Gasteiger partial charge in [-0.1, -0.05) is 26.2 Å². The summed E-state index contributed by atoms with van der Waals surface area (Å²) >= 11 is 0. The first-order valence-corrected chi connectivity index (χ1v) is 6.01. The van der Waals surface area contributed by atoms with Crippen LogP contribution < -0.4 is 5.32 Å². The maximum absolute atomic E-state index is 5.79. The van der Waals surface area contributed by atoms with Crippen molar-refractivity contribution in [1.82, 2.24) is 5.32 Å². The number of nitrogens with one attached hydrogen (secondary N) is 1. The Morgan fingerprint density at radius 1 is 1.40 bits per heavy atom. The van der Waals surface area contributed by atoms with Crippen molar-refractivity contribution in [2.24, 2.45) is 0 Å². The topological polar surface area (TPSA) is 21.3 Å². The summed E-state index contributed by atoms with van der Waals surface area (Å²) in [4.78, 5) is 0. The summed E-state index contributed by atoms with van der Waals surface area (Å²) in [6.45, 7) is 3.08. The van der Waals surface area contributed by atoms with Crippen LogP contribution in [-0.4, -0.2) is 25.3 Å². The third kappa shape index (κ3) is 2.96. The van der Waals surface area contributed by atoms with Gasteiger partial charge in [-0.3, -0.25) is 0 Å². The number of hydrogen-bond donors (Lipinski definition) is 1. The Hall–Kier alpha value is -0.520. The molecule has 0 amide bonds. The highest BCUT2D eigenvalue weighted by atomic mass is 16.5. The number of likely N-dealkylation sites (N-methyl/N-ethyl adjacent to an activating group) is 1. The monoisotopic (exact) mass is 209 g/mol. The highest BCUT2D eigenvalue weighted by Gasteiger charge is 2.38. The average Bonchev–Trinajstić information content (AvgIpc) is 2.30. The molecule has 1 rings (SSSR count). The minimum Gasteiger partial charge on any atom is -0.377 e. The zero-order chi connectivity index (χ0) is 11.1. The van der Waals surface area contributed by atoms with E-state index in [1.807, 2.05) is 7.11 Å². The summed E-state index contributed by atoms with van der Waals surface area (Å²) < 4.78 is 5.79. The molecular formula is C13H23NO. The van der Waals surface area contributed by atoms with Gasteiger partial charge in [0.15, 0.2) is 0 Å². The Morgan fingerprint density at radius 3 is 2.53 bits per heavy atom. The fourth-order valence-corrected chi connectivity index (χ4v) is 2.65. The molecule has 0 aliphatic heterocycles. The van der Waals surface area contributed by atoms with Gasteiger partial charge >= 0.3 is 0 Å². The fourth-order valence-electron chi connectivity index (χ4n) is 2.65. The first-order chi connectivity index (χ1) is 7.29. The summed E-state index contributed by atoms with van der Waals surface area (Å²) in [5.41, 5.74) is -0.0133. The molecule has 0 heterocycles. The van der Waals surface area contributed by atoms with Crippen molar-refractivity contribution in [3.8, 4) is 12.3 Å². The molecule has 86 valence electrons. The predicted molar refractivity (Wildman–Crippen MR) is 63.7 cm³/mol. The molecular weight excluding hydrogens is 186 g/mol. The van der Waals surface area contributed by atoms with Crippen LogP contribution in [0.5, 0.6) is 0 Å². The summed E-state index contributed by atoms with van der Waals surface area (Å²) in [5.74, 6) is 2.77. The second-order valence-corrected chi connectivity index (χ2v) is 4.35. The number of ether oxygens (including phenoxy) is 1. The van der Waals surface area contributed by atoms with E-state index in [1.165, 1.54) is 19.3 Å². The van der Waals surface area contributed by atoms with Gasteiger partial charge in [0.1, 0.15) is 0 Å². The molecule has 2 nitrogen and oxygen atoms in total. The Balaban J connectivity index is 2.70. The van der Waals surface area contributed by atoms with E-state index in [1.54, 1.807) is 0 Å². The minimum absolute atomic E-state index is 0.0133. The molecule has 1 N–H and O–H groups in total. The maximum atomic E-state index is 5.79. The van der Waals surface area contributed by atoms with E-state index < -0.39 is 0 Å². The number of methoxy groups -OCH3 is 1. The third-order valence-corrected chi connectivity index (χ3v) is 3.51. The summed E-state index contributed by atoms with van der Waals surface area (Å²) in [7, 11) is 1.83. The molecule has 1 aliphatic carbocycles. The van der Waals surface area contributed by atoms with Gasteiger partial charge in [-0.25, -0.2) is 0 Å². The van der Waals surface area contributed by atoms with Gasteiger partial charge in [-0.05, 0) is 19.4 Å². The first-order valence-electron chi connectivity index (χ1n) is 6.01. The van der Waals surface area contributed by atoms with Crippen LogP contribution in [0.1, 0.15) is 45.4 Å². The maximum Gasteiger partial charge on any atom is 0.0840 e. The first kappa shape index (κ1) is 12.5. The van der Waals surface area contributed by atoms with Gasteiger partial charge in [-0.15, -0.1) is 12.3 Å². The molecule has 0 radical (unpaired) electrons. The normalized spacial score (nSPS) is 21.9. The van der Waals surface area contributed by atoms with E-state index in [0.29, 0.717) is 6.04 Å². The van der Waals surface area contributed by atoms with Crippen molar-refractivity contribution in [2.45, 2.75) is 57.1 Å². The van der Waals surface area contributed by atoms with Gasteiger partial charge in [0.05, 0.1) is 5.60 Å². The van der Waals surface area contributed by atoms with Crippen LogP contribution in [-0.2, 0) is 4.74 Å². The second kappa shape index (κ2) is 6.15. The minimum atomic E-state index is -0.0133. The molecule has 0 spiro atoms. The van der Waals surface area contributed by atoms with Crippen molar-refractivity contribution in [3.05, 3.63) is 0 Å². The summed E-state index contributed by atoms with van der Waals surface area (Å²) in [6, 6.07) is 0.317. The lowest BCUT2D eigenvalue weighted by molar-refractivity contribution is -0.0658. The van der Waals surface area contributed by atoms with Crippen LogP contribution >= 0.6 is 0 Å². The lowest BCUT2D eigenvalue weighted by Gasteiger charge is -2.42. The second-order valence-electron chi connectivity index (χ2n) is 4.35. The van der Waals surface area contributed by atoms with Crippen molar-refractivity contribution in [3.63, 3.8) is 0 Å². The molecule has 2 heteroatoms. The van der Waals surface area contributed by atoms with Gasteiger partial charge < -0.3 is 10.1 Å². The largest absolute Gasteiger partial charge is 0.377 e. The van der Waals surface area contributed by atoms with Crippen molar-refractivity contribution in [2.75, 3.05) is 13.7 Å². The predicted octanol–water partition coefficient (Wildman–Crippen LogP) is 2.34. The molecule has 0 aromatic rings. The van der Waals surface area contributed by atoms with E-state index in [0.717, 1.165) is 25.8 Å². The molecule has 0 saturated heterocycles.